The average molecular weight is 166 g/mol. The van der Waals surface area contributed by atoms with Crippen molar-refractivity contribution in [3.05, 3.63) is 0 Å². The number of rotatable bonds is 5. The maximum Gasteiger partial charge on any atom is 0.152 e. The standard InChI is InChI=1S/C6H14O3S/c1-3-5-10(7,8)6-4-9-2/h3-6H2,1-2H3. The van der Waals surface area contributed by atoms with Crippen molar-refractivity contribution in [2.75, 3.05) is 25.2 Å². The Bertz CT molecular complexity index is 160. The van der Waals surface area contributed by atoms with Gasteiger partial charge in [0, 0.05) is 12.9 Å². The van der Waals surface area contributed by atoms with Crippen LogP contribution in [-0.4, -0.2) is 33.6 Å². The molecule has 0 aliphatic heterocycles. The highest BCUT2D eigenvalue weighted by Crippen LogP contribution is 1.92. The Morgan fingerprint density at radius 2 is 1.90 bits per heavy atom. The largest absolute Gasteiger partial charge is 0.384 e. The van der Waals surface area contributed by atoms with Crippen molar-refractivity contribution in [1.29, 1.82) is 0 Å². The van der Waals surface area contributed by atoms with E-state index >= 15 is 0 Å². The molecule has 0 spiro atoms. The van der Waals surface area contributed by atoms with Crippen LogP contribution >= 0.6 is 0 Å². The Labute approximate surface area is 62.3 Å². The summed E-state index contributed by atoms with van der Waals surface area (Å²) in [5.74, 6) is 0.424. The molecule has 10 heavy (non-hydrogen) atoms. The number of hydrogen-bond acceptors (Lipinski definition) is 3. The molecule has 0 N–H and O–H groups in total. The van der Waals surface area contributed by atoms with Gasteiger partial charge in [0.2, 0.25) is 0 Å². The van der Waals surface area contributed by atoms with Crippen LogP contribution < -0.4 is 0 Å². The maximum atomic E-state index is 10.9. The van der Waals surface area contributed by atoms with E-state index in [1.807, 2.05) is 6.92 Å². The highest BCUT2D eigenvalue weighted by Gasteiger charge is 2.07. The molecule has 0 atom stereocenters. The van der Waals surface area contributed by atoms with E-state index in [-0.39, 0.29) is 11.5 Å². The topological polar surface area (TPSA) is 43.4 Å². The third kappa shape index (κ3) is 4.76. The molecule has 4 heteroatoms. The molecule has 0 rings (SSSR count). The molecule has 0 bridgehead atoms. The minimum absolute atomic E-state index is 0.150. The highest BCUT2D eigenvalue weighted by molar-refractivity contribution is 7.91. The molecule has 0 radical (unpaired) electrons. The van der Waals surface area contributed by atoms with Gasteiger partial charge < -0.3 is 4.74 Å². The first kappa shape index (κ1) is 9.91. The molecule has 0 saturated heterocycles. The van der Waals surface area contributed by atoms with E-state index in [0.717, 1.165) is 0 Å². The highest BCUT2D eigenvalue weighted by atomic mass is 32.2. The van der Waals surface area contributed by atoms with Gasteiger partial charge in [0.05, 0.1) is 12.4 Å². The third-order valence-corrected chi connectivity index (χ3v) is 2.93. The zero-order chi connectivity index (χ0) is 8.04. The van der Waals surface area contributed by atoms with Gasteiger partial charge in [-0.25, -0.2) is 8.42 Å². The van der Waals surface area contributed by atoms with Gasteiger partial charge in [-0.05, 0) is 6.42 Å². The van der Waals surface area contributed by atoms with Crippen LogP contribution in [0.5, 0.6) is 0 Å². The molecule has 62 valence electrons. The number of hydrogen-bond donors (Lipinski definition) is 0. The molecule has 0 aliphatic rings. The van der Waals surface area contributed by atoms with E-state index in [1.54, 1.807) is 0 Å². The van der Waals surface area contributed by atoms with Crippen molar-refractivity contribution in [2.24, 2.45) is 0 Å². The van der Waals surface area contributed by atoms with Crippen molar-refractivity contribution in [3.8, 4) is 0 Å². The molecule has 0 saturated carbocycles. The van der Waals surface area contributed by atoms with E-state index in [1.165, 1.54) is 7.11 Å². The van der Waals surface area contributed by atoms with Crippen LogP contribution in [0.15, 0.2) is 0 Å². The van der Waals surface area contributed by atoms with Gasteiger partial charge in [-0.3, -0.25) is 0 Å². The minimum Gasteiger partial charge on any atom is -0.384 e. The van der Waals surface area contributed by atoms with Crippen LogP contribution in [0.4, 0.5) is 0 Å². The first-order valence-corrected chi connectivity index (χ1v) is 5.14. The quantitative estimate of drug-likeness (QED) is 0.596. The first-order valence-electron chi connectivity index (χ1n) is 3.31. The summed E-state index contributed by atoms with van der Waals surface area (Å²) >= 11 is 0. The van der Waals surface area contributed by atoms with Crippen LogP contribution in [0.3, 0.4) is 0 Å². The van der Waals surface area contributed by atoms with E-state index in [9.17, 15) is 8.42 Å². The van der Waals surface area contributed by atoms with E-state index in [4.69, 9.17) is 0 Å². The third-order valence-electron chi connectivity index (χ3n) is 1.11. The molecule has 0 aromatic carbocycles. The fourth-order valence-electron chi connectivity index (χ4n) is 0.623. The second-order valence-electron chi connectivity index (χ2n) is 2.14. The Hall–Kier alpha value is -0.0900. The summed E-state index contributed by atoms with van der Waals surface area (Å²) in [4.78, 5) is 0. The summed E-state index contributed by atoms with van der Waals surface area (Å²) in [5.41, 5.74) is 0. The van der Waals surface area contributed by atoms with Crippen molar-refractivity contribution in [2.45, 2.75) is 13.3 Å². The Morgan fingerprint density at radius 1 is 1.30 bits per heavy atom. The van der Waals surface area contributed by atoms with E-state index < -0.39 is 9.84 Å². The zero-order valence-electron chi connectivity index (χ0n) is 6.46. The summed E-state index contributed by atoms with van der Waals surface area (Å²) < 4.78 is 26.5. The summed E-state index contributed by atoms with van der Waals surface area (Å²) in [5, 5.41) is 0. The monoisotopic (exact) mass is 166 g/mol. The molecular formula is C6H14O3S. The van der Waals surface area contributed by atoms with Crippen LogP contribution in [-0.2, 0) is 14.6 Å². The van der Waals surface area contributed by atoms with Gasteiger partial charge in [0.25, 0.3) is 0 Å². The fourth-order valence-corrected chi connectivity index (χ4v) is 1.87. The van der Waals surface area contributed by atoms with Gasteiger partial charge in [-0.2, -0.15) is 0 Å². The second-order valence-corrected chi connectivity index (χ2v) is 4.45. The van der Waals surface area contributed by atoms with Gasteiger partial charge in [-0.15, -0.1) is 0 Å². The average Bonchev–Trinajstić information content (AvgIpc) is 1.84. The lowest BCUT2D eigenvalue weighted by molar-refractivity contribution is 0.217. The summed E-state index contributed by atoms with van der Waals surface area (Å²) in [6.07, 6.45) is 0.687. The van der Waals surface area contributed by atoms with Crippen LogP contribution in [0, 0.1) is 0 Å². The summed E-state index contributed by atoms with van der Waals surface area (Å²) in [7, 11) is -1.32. The minimum atomic E-state index is -2.82. The number of sulfone groups is 1. The Balaban J connectivity index is 3.65. The molecule has 0 heterocycles. The van der Waals surface area contributed by atoms with Crippen molar-refractivity contribution < 1.29 is 13.2 Å². The SMILES string of the molecule is CCCS(=O)(=O)CCOC. The van der Waals surface area contributed by atoms with Gasteiger partial charge in [0.1, 0.15) is 0 Å². The van der Waals surface area contributed by atoms with Crippen molar-refractivity contribution in [3.63, 3.8) is 0 Å². The molecular weight excluding hydrogens is 152 g/mol. The smallest absolute Gasteiger partial charge is 0.152 e. The van der Waals surface area contributed by atoms with Gasteiger partial charge >= 0.3 is 0 Å². The molecule has 0 aromatic rings. The molecule has 0 aliphatic carbocycles. The maximum absolute atomic E-state index is 10.9. The first-order chi connectivity index (χ1) is 4.62. The van der Waals surface area contributed by atoms with Crippen LogP contribution in [0.2, 0.25) is 0 Å². The Kier molecular flexibility index (Phi) is 4.64. The predicted octanol–water partition coefficient (Wildman–Crippen LogP) is 0.458. The molecule has 0 fully saturated rings. The predicted molar refractivity (Wildman–Crippen MR) is 40.8 cm³/mol. The van der Waals surface area contributed by atoms with Crippen LogP contribution in [0.25, 0.3) is 0 Å². The number of ether oxygens (including phenoxy) is 1. The second kappa shape index (κ2) is 4.68. The van der Waals surface area contributed by atoms with Gasteiger partial charge in [-0.1, -0.05) is 6.92 Å². The van der Waals surface area contributed by atoms with E-state index in [0.29, 0.717) is 13.0 Å². The molecule has 0 aromatic heterocycles. The lowest BCUT2D eigenvalue weighted by atomic mass is 10.6. The normalized spacial score (nSPS) is 11.8. The molecule has 0 unspecified atom stereocenters. The molecule has 0 amide bonds. The zero-order valence-corrected chi connectivity index (χ0v) is 7.28. The summed E-state index contributed by atoms with van der Waals surface area (Å²) in [6.45, 7) is 2.16. The van der Waals surface area contributed by atoms with E-state index in [2.05, 4.69) is 4.74 Å². The van der Waals surface area contributed by atoms with Crippen LogP contribution in [0.1, 0.15) is 13.3 Å². The number of methoxy groups -OCH3 is 1. The lowest BCUT2D eigenvalue weighted by Gasteiger charge is -1.99. The fraction of sp³-hybridized carbons (Fsp3) is 1.00. The molecule has 3 nitrogen and oxygen atoms in total. The Morgan fingerprint density at radius 3 is 2.30 bits per heavy atom. The van der Waals surface area contributed by atoms with Crippen molar-refractivity contribution >= 4 is 9.84 Å². The lowest BCUT2D eigenvalue weighted by Crippen LogP contribution is -2.14. The van der Waals surface area contributed by atoms with Gasteiger partial charge in [0.15, 0.2) is 9.84 Å². The summed E-state index contributed by atoms with van der Waals surface area (Å²) in [6, 6.07) is 0. The van der Waals surface area contributed by atoms with Crippen molar-refractivity contribution in [1.82, 2.24) is 0 Å².